The summed E-state index contributed by atoms with van der Waals surface area (Å²) in [6.07, 6.45) is 0.715. The van der Waals surface area contributed by atoms with Crippen molar-refractivity contribution in [3.05, 3.63) is 45.9 Å². The Balaban J connectivity index is 2.16. The number of aryl methyl sites for hydroxylation is 1. The number of hydrogen-bond donors (Lipinski definition) is 1. The summed E-state index contributed by atoms with van der Waals surface area (Å²) in [5.74, 6) is -0.557. The number of carboxylic acids is 1. The van der Waals surface area contributed by atoms with E-state index >= 15 is 0 Å². The van der Waals surface area contributed by atoms with Gasteiger partial charge in [0.1, 0.15) is 6.54 Å². The van der Waals surface area contributed by atoms with E-state index < -0.39 is 5.97 Å². The van der Waals surface area contributed by atoms with Crippen molar-refractivity contribution in [3.8, 4) is 0 Å². The molecule has 0 saturated heterocycles. The number of aliphatic carboxylic acids is 1. The Morgan fingerprint density at radius 2 is 2.08 bits per heavy atom. The SMILES string of the molecule is CCCN(CC(=O)O)C(=O)c1ccccc1SCc1csc(C)n1. The van der Waals surface area contributed by atoms with Crippen LogP contribution in [-0.4, -0.2) is 40.0 Å². The van der Waals surface area contributed by atoms with Crippen molar-refractivity contribution in [2.75, 3.05) is 13.1 Å². The maximum absolute atomic E-state index is 12.7. The Morgan fingerprint density at radius 3 is 2.71 bits per heavy atom. The molecule has 128 valence electrons. The average Bonchev–Trinajstić information content (AvgIpc) is 2.97. The van der Waals surface area contributed by atoms with Gasteiger partial charge in [0, 0.05) is 22.6 Å². The number of amides is 1. The van der Waals surface area contributed by atoms with Gasteiger partial charge < -0.3 is 10.0 Å². The van der Waals surface area contributed by atoms with Crippen LogP contribution in [0.3, 0.4) is 0 Å². The number of carbonyl (C=O) groups is 2. The van der Waals surface area contributed by atoms with Crippen LogP contribution in [-0.2, 0) is 10.5 Å². The van der Waals surface area contributed by atoms with Crippen LogP contribution < -0.4 is 0 Å². The van der Waals surface area contributed by atoms with Gasteiger partial charge in [0.15, 0.2) is 0 Å². The molecule has 1 aromatic heterocycles. The van der Waals surface area contributed by atoms with Crippen LogP contribution in [0.1, 0.15) is 34.4 Å². The van der Waals surface area contributed by atoms with Gasteiger partial charge >= 0.3 is 5.97 Å². The quantitative estimate of drug-likeness (QED) is 0.724. The molecule has 0 aliphatic rings. The highest BCUT2D eigenvalue weighted by Gasteiger charge is 2.20. The highest BCUT2D eigenvalue weighted by atomic mass is 32.2. The van der Waals surface area contributed by atoms with E-state index in [0.29, 0.717) is 24.3 Å². The molecule has 0 aliphatic carbocycles. The normalized spacial score (nSPS) is 10.6. The molecule has 1 N–H and O–H groups in total. The van der Waals surface area contributed by atoms with E-state index in [2.05, 4.69) is 4.98 Å². The van der Waals surface area contributed by atoms with Crippen molar-refractivity contribution < 1.29 is 14.7 Å². The lowest BCUT2D eigenvalue weighted by Crippen LogP contribution is -2.36. The Morgan fingerprint density at radius 1 is 1.33 bits per heavy atom. The van der Waals surface area contributed by atoms with Crippen LogP contribution in [0.25, 0.3) is 0 Å². The molecule has 0 bridgehead atoms. The van der Waals surface area contributed by atoms with Crippen molar-refractivity contribution in [1.82, 2.24) is 9.88 Å². The number of rotatable bonds is 8. The summed E-state index contributed by atoms with van der Waals surface area (Å²) in [5, 5.41) is 12.1. The van der Waals surface area contributed by atoms with E-state index in [4.69, 9.17) is 5.11 Å². The minimum Gasteiger partial charge on any atom is -0.480 e. The summed E-state index contributed by atoms with van der Waals surface area (Å²) in [6.45, 7) is 4.03. The fourth-order valence-corrected chi connectivity index (χ4v) is 3.91. The van der Waals surface area contributed by atoms with E-state index in [0.717, 1.165) is 15.6 Å². The third kappa shape index (κ3) is 5.07. The summed E-state index contributed by atoms with van der Waals surface area (Å²) in [5.41, 5.74) is 1.53. The third-order valence-electron chi connectivity index (χ3n) is 3.27. The number of thioether (sulfide) groups is 1. The van der Waals surface area contributed by atoms with Crippen molar-refractivity contribution in [2.24, 2.45) is 0 Å². The summed E-state index contributed by atoms with van der Waals surface area (Å²) in [6, 6.07) is 7.32. The van der Waals surface area contributed by atoms with Crippen molar-refractivity contribution in [3.63, 3.8) is 0 Å². The largest absolute Gasteiger partial charge is 0.480 e. The molecule has 0 radical (unpaired) electrons. The lowest BCUT2D eigenvalue weighted by atomic mass is 10.2. The summed E-state index contributed by atoms with van der Waals surface area (Å²) in [4.78, 5) is 30.4. The molecule has 24 heavy (non-hydrogen) atoms. The second kappa shape index (κ2) is 8.84. The number of benzene rings is 1. The van der Waals surface area contributed by atoms with E-state index in [-0.39, 0.29) is 12.5 Å². The van der Waals surface area contributed by atoms with E-state index in [1.165, 1.54) is 4.90 Å². The number of aromatic nitrogens is 1. The van der Waals surface area contributed by atoms with Gasteiger partial charge in [-0.2, -0.15) is 0 Å². The minimum atomic E-state index is -1.00. The molecule has 2 rings (SSSR count). The molecule has 1 heterocycles. The van der Waals surface area contributed by atoms with Crippen molar-refractivity contribution >= 4 is 35.0 Å². The number of carbonyl (C=O) groups excluding carboxylic acids is 1. The van der Waals surface area contributed by atoms with Gasteiger partial charge in [-0.15, -0.1) is 23.1 Å². The summed E-state index contributed by atoms with van der Waals surface area (Å²) < 4.78 is 0. The zero-order chi connectivity index (χ0) is 17.5. The summed E-state index contributed by atoms with van der Waals surface area (Å²) in [7, 11) is 0. The van der Waals surface area contributed by atoms with Crippen molar-refractivity contribution in [2.45, 2.75) is 30.9 Å². The number of thiazole rings is 1. The van der Waals surface area contributed by atoms with E-state index in [1.54, 1.807) is 35.2 Å². The van der Waals surface area contributed by atoms with Crippen LogP contribution in [0.5, 0.6) is 0 Å². The topological polar surface area (TPSA) is 70.5 Å². The maximum Gasteiger partial charge on any atom is 0.323 e. The van der Waals surface area contributed by atoms with Crippen molar-refractivity contribution in [1.29, 1.82) is 0 Å². The van der Waals surface area contributed by atoms with Gasteiger partial charge in [-0.05, 0) is 25.5 Å². The maximum atomic E-state index is 12.7. The first-order chi connectivity index (χ1) is 11.5. The average molecular weight is 364 g/mol. The predicted molar refractivity (Wildman–Crippen MR) is 96.7 cm³/mol. The molecule has 0 unspecified atom stereocenters. The number of carboxylic acid groups (broad SMARTS) is 1. The zero-order valence-electron chi connectivity index (χ0n) is 13.7. The molecule has 0 atom stereocenters. The Kier molecular flexibility index (Phi) is 6.81. The van der Waals surface area contributed by atoms with Crippen LogP contribution in [0.4, 0.5) is 0 Å². The van der Waals surface area contributed by atoms with Gasteiger partial charge in [-0.25, -0.2) is 4.98 Å². The second-order valence-electron chi connectivity index (χ2n) is 5.26. The second-order valence-corrected chi connectivity index (χ2v) is 7.34. The van der Waals surface area contributed by atoms with Gasteiger partial charge in [0.2, 0.25) is 0 Å². The fourth-order valence-electron chi connectivity index (χ4n) is 2.25. The van der Waals surface area contributed by atoms with Crippen LogP contribution in [0, 0.1) is 6.92 Å². The lowest BCUT2D eigenvalue weighted by Gasteiger charge is -2.21. The Hall–Kier alpha value is -1.86. The molecule has 0 saturated carbocycles. The number of nitrogens with zero attached hydrogens (tertiary/aromatic N) is 2. The standard InChI is InChI=1S/C17H20N2O3S2/c1-3-8-19(9-16(20)21)17(22)14-6-4-5-7-15(14)24-11-13-10-23-12(2)18-13/h4-7,10H,3,8-9,11H2,1-2H3,(H,20,21). The molecule has 0 spiro atoms. The summed E-state index contributed by atoms with van der Waals surface area (Å²) >= 11 is 3.15. The highest BCUT2D eigenvalue weighted by molar-refractivity contribution is 7.98. The Bertz CT molecular complexity index is 715. The first-order valence-electron chi connectivity index (χ1n) is 7.65. The smallest absolute Gasteiger partial charge is 0.323 e. The molecule has 1 amide bonds. The van der Waals surface area contributed by atoms with Crippen LogP contribution >= 0.6 is 23.1 Å². The molecule has 0 aliphatic heterocycles. The highest BCUT2D eigenvalue weighted by Crippen LogP contribution is 2.27. The lowest BCUT2D eigenvalue weighted by molar-refractivity contribution is -0.137. The Labute approximate surface area is 149 Å². The third-order valence-corrected chi connectivity index (χ3v) is 5.20. The zero-order valence-corrected chi connectivity index (χ0v) is 15.3. The molecule has 2 aromatic rings. The van der Waals surface area contributed by atoms with E-state index in [9.17, 15) is 9.59 Å². The molecule has 1 aromatic carbocycles. The van der Waals surface area contributed by atoms with E-state index in [1.807, 2.05) is 31.4 Å². The van der Waals surface area contributed by atoms with Crippen LogP contribution in [0.2, 0.25) is 0 Å². The molecule has 7 heteroatoms. The fraction of sp³-hybridized carbons (Fsp3) is 0.353. The molecule has 5 nitrogen and oxygen atoms in total. The predicted octanol–water partition coefficient (Wildman–Crippen LogP) is 3.68. The first-order valence-corrected chi connectivity index (χ1v) is 9.51. The van der Waals surface area contributed by atoms with Gasteiger partial charge in [-0.3, -0.25) is 9.59 Å². The van der Waals surface area contributed by atoms with Gasteiger partial charge in [0.25, 0.3) is 5.91 Å². The molecular formula is C17H20N2O3S2. The van der Waals surface area contributed by atoms with Crippen LogP contribution in [0.15, 0.2) is 34.5 Å². The molecule has 0 fully saturated rings. The van der Waals surface area contributed by atoms with Gasteiger partial charge in [0.05, 0.1) is 16.3 Å². The monoisotopic (exact) mass is 364 g/mol. The minimum absolute atomic E-state index is 0.239. The molecular weight excluding hydrogens is 344 g/mol. The first kappa shape index (κ1) is 18.5. The number of hydrogen-bond acceptors (Lipinski definition) is 5. The van der Waals surface area contributed by atoms with Gasteiger partial charge in [-0.1, -0.05) is 19.1 Å².